The van der Waals surface area contributed by atoms with Crippen molar-refractivity contribution in [2.45, 2.75) is 19.4 Å². The van der Waals surface area contributed by atoms with Crippen molar-refractivity contribution in [3.05, 3.63) is 52.8 Å². The first-order valence-corrected chi connectivity index (χ1v) is 8.68. The molecule has 0 aliphatic carbocycles. The molecule has 0 spiro atoms. The molecule has 1 aromatic carbocycles. The summed E-state index contributed by atoms with van der Waals surface area (Å²) in [5, 5.41) is 8.30. The second-order valence-electron chi connectivity index (χ2n) is 6.30. The SMILES string of the molecule is CCN(Cc1cccc(Cl)c1)C(=O)[C@H]1CNC[C@@H]1c1cnn(C)c1. The van der Waals surface area contributed by atoms with Crippen LogP contribution in [0.5, 0.6) is 0 Å². The molecule has 1 aromatic heterocycles. The molecule has 24 heavy (non-hydrogen) atoms. The lowest BCUT2D eigenvalue weighted by Crippen LogP contribution is -2.38. The molecule has 128 valence electrons. The van der Waals surface area contributed by atoms with E-state index in [1.54, 1.807) is 4.68 Å². The summed E-state index contributed by atoms with van der Waals surface area (Å²) < 4.78 is 1.79. The normalized spacial score (nSPS) is 20.3. The van der Waals surface area contributed by atoms with Gasteiger partial charge in [-0.05, 0) is 30.2 Å². The monoisotopic (exact) mass is 346 g/mol. The third-order valence-electron chi connectivity index (χ3n) is 4.64. The van der Waals surface area contributed by atoms with E-state index in [0.717, 1.165) is 17.7 Å². The van der Waals surface area contributed by atoms with Gasteiger partial charge in [0.05, 0.1) is 12.1 Å². The van der Waals surface area contributed by atoms with Crippen LogP contribution in [0.1, 0.15) is 24.0 Å². The zero-order chi connectivity index (χ0) is 17.1. The fourth-order valence-corrected chi connectivity index (χ4v) is 3.57. The summed E-state index contributed by atoms with van der Waals surface area (Å²) in [7, 11) is 1.90. The van der Waals surface area contributed by atoms with E-state index in [2.05, 4.69) is 10.4 Å². The van der Waals surface area contributed by atoms with Gasteiger partial charge in [-0.1, -0.05) is 23.7 Å². The molecule has 6 heteroatoms. The summed E-state index contributed by atoms with van der Waals surface area (Å²) in [6, 6.07) is 7.70. The van der Waals surface area contributed by atoms with Crippen molar-refractivity contribution in [2.24, 2.45) is 13.0 Å². The predicted octanol–water partition coefficient (Wildman–Crippen LogP) is 2.43. The maximum Gasteiger partial charge on any atom is 0.227 e. The summed E-state index contributed by atoms with van der Waals surface area (Å²) in [6.07, 6.45) is 3.87. The molecule has 1 aliphatic rings. The molecule has 0 saturated carbocycles. The molecule has 0 radical (unpaired) electrons. The molecular weight excluding hydrogens is 324 g/mol. The maximum atomic E-state index is 13.1. The van der Waals surface area contributed by atoms with Gasteiger partial charge in [-0.2, -0.15) is 5.10 Å². The lowest BCUT2D eigenvalue weighted by Gasteiger charge is -2.27. The zero-order valence-corrected chi connectivity index (χ0v) is 14.8. The minimum Gasteiger partial charge on any atom is -0.338 e. The van der Waals surface area contributed by atoms with E-state index in [4.69, 9.17) is 11.6 Å². The standard InChI is InChI=1S/C18H23ClN4O/c1-3-23(11-13-5-4-6-15(19)7-13)18(24)17-10-20-9-16(17)14-8-21-22(2)12-14/h4-8,12,16-17,20H,3,9-11H2,1-2H3/t16-,17+/m1/s1. The fraction of sp³-hybridized carbons (Fsp3) is 0.444. The first-order chi connectivity index (χ1) is 11.6. The summed E-state index contributed by atoms with van der Waals surface area (Å²) in [5.41, 5.74) is 2.18. The van der Waals surface area contributed by atoms with Gasteiger partial charge in [0.1, 0.15) is 0 Å². The van der Waals surface area contributed by atoms with Crippen LogP contribution in [-0.2, 0) is 18.4 Å². The summed E-state index contributed by atoms with van der Waals surface area (Å²) in [5.74, 6) is 0.323. The Hall–Kier alpha value is -1.85. The van der Waals surface area contributed by atoms with Gasteiger partial charge in [0.15, 0.2) is 0 Å². The molecule has 2 heterocycles. The van der Waals surface area contributed by atoms with Crippen molar-refractivity contribution in [3.8, 4) is 0 Å². The molecule has 1 N–H and O–H groups in total. The number of hydrogen-bond donors (Lipinski definition) is 1. The number of hydrogen-bond acceptors (Lipinski definition) is 3. The van der Waals surface area contributed by atoms with Gasteiger partial charge in [0, 0.05) is 50.4 Å². The van der Waals surface area contributed by atoms with E-state index in [1.807, 2.05) is 55.5 Å². The topological polar surface area (TPSA) is 50.2 Å². The molecule has 1 aliphatic heterocycles. The Morgan fingerprint density at radius 1 is 1.46 bits per heavy atom. The number of rotatable bonds is 5. The zero-order valence-electron chi connectivity index (χ0n) is 14.1. The molecule has 1 amide bonds. The minimum absolute atomic E-state index is 0.0478. The van der Waals surface area contributed by atoms with Crippen LogP contribution in [0.15, 0.2) is 36.7 Å². The van der Waals surface area contributed by atoms with E-state index >= 15 is 0 Å². The molecule has 1 saturated heterocycles. The molecule has 3 rings (SSSR count). The Labute approximate surface area is 147 Å². The largest absolute Gasteiger partial charge is 0.338 e. The van der Waals surface area contributed by atoms with Crippen molar-refractivity contribution in [3.63, 3.8) is 0 Å². The van der Waals surface area contributed by atoms with Gasteiger partial charge >= 0.3 is 0 Å². The van der Waals surface area contributed by atoms with Crippen molar-refractivity contribution in [1.82, 2.24) is 20.0 Å². The van der Waals surface area contributed by atoms with Crippen molar-refractivity contribution in [2.75, 3.05) is 19.6 Å². The van der Waals surface area contributed by atoms with Gasteiger partial charge in [-0.3, -0.25) is 9.48 Å². The molecular formula is C18H23ClN4O. The Kier molecular flexibility index (Phi) is 5.21. The number of nitrogens with one attached hydrogen (secondary N) is 1. The highest BCUT2D eigenvalue weighted by Crippen LogP contribution is 2.29. The molecule has 2 aromatic rings. The molecule has 5 nitrogen and oxygen atoms in total. The lowest BCUT2D eigenvalue weighted by atomic mass is 9.89. The van der Waals surface area contributed by atoms with Crippen LogP contribution in [0.2, 0.25) is 5.02 Å². The molecule has 1 fully saturated rings. The van der Waals surface area contributed by atoms with Crippen LogP contribution in [0.4, 0.5) is 0 Å². The number of amides is 1. The second kappa shape index (κ2) is 7.36. The summed E-state index contributed by atoms with van der Waals surface area (Å²) in [4.78, 5) is 15.0. The van der Waals surface area contributed by atoms with Gasteiger partial charge in [-0.15, -0.1) is 0 Å². The van der Waals surface area contributed by atoms with Crippen LogP contribution in [0.3, 0.4) is 0 Å². The van der Waals surface area contributed by atoms with Gasteiger partial charge in [0.25, 0.3) is 0 Å². The number of carbonyl (C=O) groups is 1. The fourth-order valence-electron chi connectivity index (χ4n) is 3.36. The number of aromatic nitrogens is 2. The van der Waals surface area contributed by atoms with Gasteiger partial charge < -0.3 is 10.2 Å². The van der Waals surface area contributed by atoms with Gasteiger partial charge in [-0.25, -0.2) is 0 Å². The Morgan fingerprint density at radius 2 is 2.29 bits per heavy atom. The highest BCUT2D eigenvalue weighted by Gasteiger charge is 2.36. The van der Waals surface area contributed by atoms with Crippen LogP contribution in [0, 0.1) is 5.92 Å². The Morgan fingerprint density at radius 3 is 2.96 bits per heavy atom. The smallest absolute Gasteiger partial charge is 0.227 e. The van der Waals surface area contributed by atoms with E-state index in [0.29, 0.717) is 24.7 Å². The average molecular weight is 347 g/mol. The van der Waals surface area contributed by atoms with Crippen molar-refractivity contribution >= 4 is 17.5 Å². The minimum atomic E-state index is -0.0478. The Bertz CT molecular complexity index is 715. The third kappa shape index (κ3) is 3.62. The predicted molar refractivity (Wildman–Crippen MR) is 94.9 cm³/mol. The van der Waals surface area contributed by atoms with E-state index in [1.165, 1.54) is 0 Å². The quantitative estimate of drug-likeness (QED) is 0.904. The van der Waals surface area contributed by atoms with Gasteiger partial charge in [0.2, 0.25) is 5.91 Å². The molecule has 2 atom stereocenters. The average Bonchev–Trinajstić information content (AvgIpc) is 3.20. The number of benzene rings is 1. The number of halogens is 1. The highest BCUT2D eigenvalue weighted by molar-refractivity contribution is 6.30. The summed E-state index contributed by atoms with van der Waals surface area (Å²) in [6.45, 7) is 4.82. The molecule has 0 bridgehead atoms. The maximum absolute atomic E-state index is 13.1. The van der Waals surface area contributed by atoms with Crippen LogP contribution >= 0.6 is 11.6 Å². The molecule has 0 unspecified atom stereocenters. The summed E-state index contributed by atoms with van der Waals surface area (Å²) >= 11 is 6.06. The number of carbonyl (C=O) groups excluding carboxylic acids is 1. The number of aryl methyl sites for hydroxylation is 1. The second-order valence-corrected chi connectivity index (χ2v) is 6.74. The van der Waals surface area contributed by atoms with Crippen LogP contribution < -0.4 is 5.32 Å². The highest BCUT2D eigenvalue weighted by atomic mass is 35.5. The van der Waals surface area contributed by atoms with Crippen LogP contribution in [-0.4, -0.2) is 40.2 Å². The van der Waals surface area contributed by atoms with Crippen LogP contribution in [0.25, 0.3) is 0 Å². The Balaban J connectivity index is 1.75. The third-order valence-corrected chi connectivity index (χ3v) is 4.88. The van der Waals surface area contributed by atoms with E-state index in [9.17, 15) is 4.79 Å². The van der Waals surface area contributed by atoms with E-state index < -0.39 is 0 Å². The first kappa shape index (κ1) is 17.0. The number of nitrogens with zero attached hydrogens (tertiary/aromatic N) is 3. The first-order valence-electron chi connectivity index (χ1n) is 8.31. The van der Waals surface area contributed by atoms with E-state index in [-0.39, 0.29) is 17.7 Å². The lowest BCUT2D eigenvalue weighted by molar-refractivity contribution is -0.135. The van der Waals surface area contributed by atoms with Crippen molar-refractivity contribution in [1.29, 1.82) is 0 Å². The van der Waals surface area contributed by atoms with Crippen molar-refractivity contribution < 1.29 is 4.79 Å².